The van der Waals surface area contributed by atoms with Gasteiger partial charge in [-0.1, -0.05) is 12.1 Å². The molecule has 1 unspecified atom stereocenters. The van der Waals surface area contributed by atoms with Crippen LogP contribution in [-0.2, 0) is 11.2 Å². The number of benzene rings is 1. The highest BCUT2D eigenvalue weighted by atomic mass is 19.4. The minimum Gasteiger partial charge on any atom is -0.354 e. The Balaban J connectivity index is 2.49. The molecule has 3 nitrogen and oxygen atoms in total. The van der Waals surface area contributed by atoms with E-state index < -0.39 is 23.4 Å². The van der Waals surface area contributed by atoms with Crippen LogP contribution in [0.5, 0.6) is 0 Å². The molecule has 0 radical (unpaired) electrons. The van der Waals surface area contributed by atoms with E-state index in [2.05, 4.69) is 5.32 Å². The smallest absolute Gasteiger partial charge is 0.354 e. The van der Waals surface area contributed by atoms with Crippen LogP contribution in [0.15, 0.2) is 24.3 Å². The summed E-state index contributed by atoms with van der Waals surface area (Å²) in [6.07, 6.45) is -4.52. The maximum atomic E-state index is 12.6. The van der Waals surface area contributed by atoms with Crippen molar-refractivity contribution in [3.63, 3.8) is 0 Å². The van der Waals surface area contributed by atoms with Crippen molar-refractivity contribution in [1.82, 2.24) is 5.32 Å². The average molecular weight is 278 g/mol. The van der Waals surface area contributed by atoms with Crippen LogP contribution in [0.25, 0.3) is 0 Å². The van der Waals surface area contributed by atoms with Crippen molar-refractivity contribution >= 4 is 5.91 Å². The Morgan fingerprint density at radius 1 is 1.26 bits per heavy atom. The summed E-state index contributed by atoms with van der Waals surface area (Å²) in [6, 6.07) is 5.46. The van der Waals surface area contributed by atoms with Crippen molar-refractivity contribution in [2.45, 2.75) is 25.1 Å². The van der Waals surface area contributed by atoms with Crippen molar-refractivity contribution in [1.29, 1.82) is 0 Å². The van der Waals surface area contributed by atoms with E-state index in [1.807, 2.05) is 0 Å². The molecule has 19 heavy (non-hydrogen) atoms. The predicted molar refractivity (Wildman–Crippen MR) is 61.8 cm³/mol. The zero-order chi connectivity index (χ0) is 14.7. The Morgan fingerprint density at radius 2 is 1.79 bits per heavy atom. The number of amides is 1. The normalized spacial score (nSPS) is 14.8. The monoisotopic (exact) mass is 278 g/mol. The van der Waals surface area contributed by atoms with Gasteiger partial charge in [0.1, 0.15) is 5.82 Å². The van der Waals surface area contributed by atoms with Gasteiger partial charge in [0.05, 0.1) is 0 Å². The second-order valence-electron chi connectivity index (χ2n) is 4.33. The van der Waals surface area contributed by atoms with E-state index in [9.17, 15) is 22.4 Å². The highest BCUT2D eigenvalue weighted by Gasteiger charge is 2.53. The summed E-state index contributed by atoms with van der Waals surface area (Å²) in [4.78, 5) is 11.3. The summed E-state index contributed by atoms with van der Waals surface area (Å²) in [5.41, 5.74) is 2.73. The molecular formula is C12H14F4N2O. The van der Waals surface area contributed by atoms with Crippen molar-refractivity contribution in [2.24, 2.45) is 5.73 Å². The number of nitrogens with two attached hydrogens (primary N) is 1. The first kappa shape index (κ1) is 15.4. The molecule has 0 spiro atoms. The Bertz CT molecular complexity index is 440. The summed E-state index contributed by atoms with van der Waals surface area (Å²) >= 11 is 0. The number of hydrogen-bond acceptors (Lipinski definition) is 2. The van der Waals surface area contributed by atoms with Gasteiger partial charge in [0.15, 0.2) is 5.54 Å². The second kappa shape index (κ2) is 5.56. The summed E-state index contributed by atoms with van der Waals surface area (Å²) in [7, 11) is 0. The van der Waals surface area contributed by atoms with Crippen molar-refractivity contribution < 1.29 is 22.4 Å². The van der Waals surface area contributed by atoms with Gasteiger partial charge in [0.2, 0.25) is 5.91 Å². The number of nitrogens with one attached hydrogen (secondary N) is 1. The van der Waals surface area contributed by atoms with E-state index >= 15 is 0 Å². The van der Waals surface area contributed by atoms with E-state index in [1.165, 1.54) is 24.3 Å². The summed E-state index contributed by atoms with van der Waals surface area (Å²) in [5.74, 6) is -1.69. The van der Waals surface area contributed by atoms with Gasteiger partial charge in [0.25, 0.3) is 0 Å². The molecule has 0 aromatic heterocycles. The lowest BCUT2D eigenvalue weighted by atomic mass is 10.0. The minimum atomic E-state index is -4.81. The summed E-state index contributed by atoms with van der Waals surface area (Å²) in [5, 5.41) is 2.11. The first-order chi connectivity index (χ1) is 8.64. The van der Waals surface area contributed by atoms with Crippen LogP contribution in [0.4, 0.5) is 17.6 Å². The third-order valence-corrected chi connectivity index (χ3v) is 2.67. The number of carbonyl (C=O) groups excluding carboxylic acids is 1. The van der Waals surface area contributed by atoms with Gasteiger partial charge in [-0.15, -0.1) is 0 Å². The fraction of sp³-hybridized carbons (Fsp3) is 0.417. The van der Waals surface area contributed by atoms with E-state index in [-0.39, 0.29) is 6.54 Å². The van der Waals surface area contributed by atoms with Crippen molar-refractivity contribution in [3.05, 3.63) is 35.6 Å². The Morgan fingerprint density at radius 3 is 2.26 bits per heavy atom. The molecule has 0 bridgehead atoms. The fourth-order valence-corrected chi connectivity index (χ4v) is 1.28. The molecule has 1 aromatic carbocycles. The zero-order valence-electron chi connectivity index (χ0n) is 10.2. The van der Waals surface area contributed by atoms with Crippen LogP contribution in [-0.4, -0.2) is 24.2 Å². The maximum Gasteiger partial charge on any atom is 0.415 e. The van der Waals surface area contributed by atoms with Crippen LogP contribution < -0.4 is 11.1 Å². The Kier molecular flexibility index (Phi) is 4.52. The van der Waals surface area contributed by atoms with Crippen LogP contribution in [0.1, 0.15) is 12.5 Å². The molecule has 0 aliphatic rings. The topological polar surface area (TPSA) is 55.1 Å². The standard InChI is InChI=1S/C12H14F4N2O/c1-11(17,12(14,15)16)10(19)18-7-6-8-2-4-9(13)5-3-8/h2-5H,6-7,17H2,1H3,(H,18,19). The number of alkyl halides is 3. The van der Waals surface area contributed by atoms with E-state index in [1.54, 1.807) is 0 Å². The Hall–Kier alpha value is -1.63. The minimum absolute atomic E-state index is 0.00661. The molecule has 106 valence electrons. The molecule has 7 heteroatoms. The summed E-state index contributed by atoms with van der Waals surface area (Å²) < 4.78 is 50.0. The first-order valence-electron chi connectivity index (χ1n) is 5.53. The number of halogens is 4. The molecule has 3 N–H and O–H groups in total. The molecule has 0 fully saturated rings. The lowest BCUT2D eigenvalue weighted by Crippen LogP contribution is -2.61. The van der Waals surface area contributed by atoms with Gasteiger partial charge in [-0.2, -0.15) is 13.2 Å². The molecule has 1 amide bonds. The van der Waals surface area contributed by atoms with E-state index in [0.29, 0.717) is 18.9 Å². The van der Waals surface area contributed by atoms with E-state index in [4.69, 9.17) is 5.73 Å². The molecule has 0 aliphatic heterocycles. The zero-order valence-corrected chi connectivity index (χ0v) is 10.2. The number of rotatable bonds is 4. The van der Waals surface area contributed by atoms with E-state index in [0.717, 1.165) is 0 Å². The molecule has 0 saturated heterocycles. The average Bonchev–Trinajstić information content (AvgIpc) is 2.30. The molecule has 0 aliphatic carbocycles. The third kappa shape index (κ3) is 3.92. The van der Waals surface area contributed by atoms with Gasteiger partial charge in [0, 0.05) is 6.54 Å². The van der Waals surface area contributed by atoms with Gasteiger partial charge in [-0.3, -0.25) is 4.79 Å². The Labute approximate surface area is 107 Å². The molecule has 0 heterocycles. The number of carbonyl (C=O) groups is 1. The van der Waals surface area contributed by atoms with Gasteiger partial charge in [-0.05, 0) is 31.0 Å². The highest BCUT2D eigenvalue weighted by molar-refractivity contribution is 5.86. The van der Waals surface area contributed by atoms with Crippen LogP contribution >= 0.6 is 0 Å². The summed E-state index contributed by atoms with van der Waals surface area (Å²) in [6.45, 7) is 0.605. The lowest BCUT2D eigenvalue weighted by Gasteiger charge is -2.26. The third-order valence-electron chi connectivity index (χ3n) is 2.67. The molecular weight excluding hydrogens is 264 g/mol. The van der Waals surface area contributed by atoms with Gasteiger partial charge in [-0.25, -0.2) is 4.39 Å². The van der Waals surface area contributed by atoms with Crippen LogP contribution in [0, 0.1) is 5.82 Å². The van der Waals surface area contributed by atoms with Crippen molar-refractivity contribution in [2.75, 3.05) is 6.54 Å². The second-order valence-corrected chi connectivity index (χ2v) is 4.33. The molecule has 1 aromatic rings. The quantitative estimate of drug-likeness (QED) is 0.825. The van der Waals surface area contributed by atoms with Gasteiger partial charge >= 0.3 is 6.18 Å². The largest absolute Gasteiger partial charge is 0.415 e. The predicted octanol–water partition coefficient (Wildman–Crippen LogP) is 1.76. The van der Waals surface area contributed by atoms with Crippen LogP contribution in [0.3, 0.4) is 0 Å². The van der Waals surface area contributed by atoms with Crippen molar-refractivity contribution in [3.8, 4) is 0 Å². The lowest BCUT2D eigenvalue weighted by molar-refractivity contribution is -0.187. The highest BCUT2D eigenvalue weighted by Crippen LogP contribution is 2.27. The molecule has 1 rings (SSSR count). The fourth-order valence-electron chi connectivity index (χ4n) is 1.28. The molecule has 0 saturated carbocycles. The number of hydrogen-bond donors (Lipinski definition) is 2. The molecule has 1 atom stereocenters. The van der Waals surface area contributed by atoms with Crippen LogP contribution in [0.2, 0.25) is 0 Å². The van der Waals surface area contributed by atoms with Gasteiger partial charge < -0.3 is 11.1 Å². The SMILES string of the molecule is CC(N)(C(=O)NCCc1ccc(F)cc1)C(F)(F)F. The first-order valence-corrected chi connectivity index (χ1v) is 5.53. The maximum absolute atomic E-state index is 12.6.